The van der Waals surface area contributed by atoms with Gasteiger partial charge in [-0.25, -0.2) is 0 Å². The molecule has 2 rings (SSSR count). The van der Waals surface area contributed by atoms with Gasteiger partial charge in [0.1, 0.15) is 11.0 Å². The van der Waals surface area contributed by atoms with Gasteiger partial charge in [-0.2, -0.15) is 13.2 Å². The van der Waals surface area contributed by atoms with E-state index >= 15 is 0 Å². The van der Waals surface area contributed by atoms with Crippen LogP contribution in [0, 0.1) is 0 Å². The summed E-state index contributed by atoms with van der Waals surface area (Å²) in [5, 5.41) is -0.494. The first kappa shape index (κ1) is 18.4. The van der Waals surface area contributed by atoms with Crippen LogP contribution in [0.3, 0.4) is 0 Å². The third-order valence-corrected chi connectivity index (χ3v) is 4.89. The van der Waals surface area contributed by atoms with Crippen LogP contribution in [-0.4, -0.2) is 47.9 Å². The van der Waals surface area contributed by atoms with Crippen molar-refractivity contribution in [3.05, 3.63) is 29.3 Å². The third kappa shape index (κ3) is 4.34. The van der Waals surface area contributed by atoms with Gasteiger partial charge in [0.25, 0.3) is 0 Å². The summed E-state index contributed by atoms with van der Waals surface area (Å²) >= 11 is 1.37. The van der Waals surface area contributed by atoms with Crippen LogP contribution in [0.5, 0.6) is 5.75 Å². The molecule has 1 heterocycles. The summed E-state index contributed by atoms with van der Waals surface area (Å²) in [6.45, 7) is 0.592. The first-order chi connectivity index (χ1) is 11.2. The minimum absolute atomic E-state index is 0.158. The zero-order valence-corrected chi connectivity index (χ0v) is 13.7. The molecule has 0 unspecified atom stereocenters. The van der Waals surface area contributed by atoms with Crippen molar-refractivity contribution in [3.63, 3.8) is 0 Å². The van der Waals surface area contributed by atoms with Crippen LogP contribution in [0.4, 0.5) is 13.2 Å². The molecule has 0 spiro atoms. The fraction of sp³-hybridized carbons (Fsp3) is 0.467. The first-order valence-corrected chi connectivity index (χ1v) is 8.20. The second-order valence-corrected chi connectivity index (χ2v) is 6.61. The molecule has 2 N–H and O–H groups in total. The molecule has 0 radical (unpaired) electrons. The number of halogens is 3. The normalized spacial score (nSPS) is 18.3. The van der Waals surface area contributed by atoms with Crippen LogP contribution < -0.4 is 10.5 Å². The maximum atomic E-state index is 12.8. The van der Waals surface area contributed by atoms with Gasteiger partial charge in [-0.15, -0.1) is 11.8 Å². The van der Waals surface area contributed by atoms with E-state index in [1.807, 2.05) is 0 Å². The highest BCUT2D eigenvalue weighted by atomic mass is 32.2. The van der Waals surface area contributed by atoms with Gasteiger partial charge in [0.2, 0.25) is 11.8 Å². The van der Waals surface area contributed by atoms with Crippen LogP contribution in [0.25, 0.3) is 0 Å². The van der Waals surface area contributed by atoms with Gasteiger partial charge in [-0.3, -0.25) is 9.59 Å². The molecule has 9 heteroatoms. The Balaban J connectivity index is 2.17. The average molecular weight is 362 g/mol. The Hall–Kier alpha value is -1.90. The van der Waals surface area contributed by atoms with E-state index in [0.29, 0.717) is 12.3 Å². The summed E-state index contributed by atoms with van der Waals surface area (Å²) < 4.78 is 43.6. The molecule has 0 aromatic heterocycles. The molecule has 2 amide bonds. The molecule has 1 aliphatic heterocycles. The molecule has 1 atom stereocenters. The molecule has 0 aliphatic carbocycles. The molecule has 5 nitrogen and oxygen atoms in total. The van der Waals surface area contributed by atoms with E-state index in [9.17, 15) is 22.8 Å². The Kier molecular flexibility index (Phi) is 5.63. The van der Waals surface area contributed by atoms with Gasteiger partial charge in [0.05, 0.1) is 19.1 Å². The van der Waals surface area contributed by atoms with Crippen LogP contribution in [0.15, 0.2) is 18.2 Å². The fourth-order valence-electron chi connectivity index (χ4n) is 2.42. The average Bonchev–Trinajstić information content (AvgIpc) is 2.54. The highest BCUT2D eigenvalue weighted by Crippen LogP contribution is 2.33. The quantitative estimate of drug-likeness (QED) is 0.885. The van der Waals surface area contributed by atoms with Crippen LogP contribution in [-0.2, 0) is 22.2 Å². The number of thioether (sulfide) groups is 1. The minimum atomic E-state index is -4.50. The lowest BCUT2D eigenvalue weighted by Gasteiger charge is -2.31. The molecule has 1 saturated heterocycles. The van der Waals surface area contributed by atoms with E-state index < -0.39 is 22.9 Å². The molecule has 0 bridgehead atoms. The number of carbonyl (C=O) groups is 2. The standard InChI is InChI=1S/C15H17F3N2O3S/c1-23-11-3-2-10(15(16,17)18)6-9(11)7-13(21)20-4-5-24-12(8-20)14(19)22/h2-3,6,12H,4-5,7-8H2,1H3,(H2,19,22)/t12-/m0/s1. The number of nitrogens with zero attached hydrogens (tertiary/aromatic N) is 1. The van der Waals surface area contributed by atoms with E-state index in [1.54, 1.807) is 0 Å². The van der Waals surface area contributed by atoms with Gasteiger partial charge in [-0.05, 0) is 18.2 Å². The van der Waals surface area contributed by atoms with Crippen molar-refractivity contribution in [3.8, 4) is 5.75 Å². The number of primary amides is 1. The summed E-state index contributed by atoms with van der Waals surface area (Å²) in [5.41, 5.74) is 4.57. The molecule has 1 fully saturated rings. The molecule has 1 aromatic carbocycles. The van der Waals surface area contributed by atoms with Crippen molar-refractivity contribution in [1.82, 2.24) is 4.90 Å². The lowest BCUT2D eigenvalue weighted by Crippen LogP contribution is -2.47. The molecule has 0 saturated carbocycles. The van der Waals surface area contributed by atoms with Gasteiger partial charge >= 0.3 is 6.18 Å². The van der Waals surface area contributed by atoms with Crippen molar-refractivity contribution in [2.45, 2.75) is 17.8 Å². The van der Waals surface area contributed by atoms with Gasteiger partial charge in [0.15, 0.2) is 0 Å². The third-order valence-electron chi connectivity index (χ3n) is 3.69. The molecular weight excluding hydrogens is 345 g/mol. The number of nitrogens with two attached hydrogens (primary N) is 1. The maximum Gasteiger partial charge on any atom is 0.416 e. The van der Waals surface area contributed by atoms with Crippen molar-refractivity contribution in [2.24, 2.45) is 5.73 Å². The Morgan fingerprint density at radius 2 is 2.12 bits per heavy atom. The number of amides is 2. The Labute approximate surface area is 141 Å². The van der Waals surface area contributed by atoms with E-state index in [-0.39, 0.29) is 30.2 Å². The number of methoxy groups -OCH3 is 1. The second kappa shape index (κ2) is 7.33. The zero-order valence-electron chi connectivity index (χ0n) is 12.9. The SMILES string of the molecule is COc1ccc(C(F)(F)F)cc1CC(=O)N1CCS[C@H](C(N)=O)C1. The second-order valence-electron chi connectivity index (χ2n) is 5.30. The molecule has 24 heavy (non-hydrogen) atoms. The van der Waals surface area contributed by atoms with Gasteiger partial charge in [-0.1, -0.05) is 0 Å². The topological polar surface area (TPSA) is 72.6 Å². The first-order valence-electron chi connectivity index (χ1n) is 7.15. The zero-order chi connectivity index (χ0) is 17.9. The number of benzene rings is 1. The molecule has 132 valence electrons. The van der Waals surface area contributed by atoms with Crippen molar-refractivity contribution < 1.29 is 27.5 Å². The summed E-state index contributed by atoms with van der Waals surface area (Å²) in [6.07, 6.45) is -4.73. The minimum Gasteiger partial charge on any atom is -0.496 e. The van der Waals surface area contributed by atoms with E-state index in [4.69, 9.17) is 10.5 Å². The van der Waals surface area contributed by atoms with Crippen LogP contribution in [0.1, 0.15) is 11.1 Å². The van der Waals surface area contributed by atoms with E-state index in [2.05, 4.69) is 0 Å². The molecule has 1 aliphatic rings. The highest BCUT2D eigenvalue weighted by molar-refractivity contribution is 8.00. The van der Waals surface area contributed by atoms with Crippen LogP contribution >= 0.6 is 11.8 Å². The number of ether oxygens (including phenoxy) is 1. The highest BCUT2D eigenvalue weighted by Gasteiger charge is 2.32. The van der Waals surface area contributed by atoms with Crippen molar-refractivity contribution >= 4 is 23.6 Å². The Morgan fingerprint density at radius 1 is 1.42 bits per heavy atom. The predicted octanol–water partition coefficient (Wildman–Crippen LogP) is 1.69. The Bertz CT molecular complexity index is 637. The van der Waals surface area contributed by atoms with Crippen molar-refractivity contribution in [2.75, 3.05) is 26.0 Å². The van der Waals surface area contributed by atoms with Crippen molar-refractivity contribution in [1.29, 1.82) is 0 Å². The largest absolute Gasteiger partial charge is 0.496 e. The summed E-state index contributed by atoms with van der Waals surface area (Å²) in [5.74, 6) is -0.0958. The number of carbonyl (C=O) groups excluding carboxylic acids is 2. The predicted molar refractivity (Wildman–Crippen MR) is 83.7 cm³/mol. The van der Waals surface area contributed by atoms with Crippen LogP contribution in [0.2, 0.25) is 0 Å². The van der Waals surface area contributed by atoms with Gasteiger partial charge < -0.3 is 15.4 Å². The number of hydrogen-bond donors (Lipinski definition) is 1. The summed E-state index contributed by atoms with van der Waals surface area (Å²) in [6, 6.07) is 3.03. The molecular formula is C15H17F3N2O3S. The lowest BCUT2D eigenvalue weighted by molar-refractivity contribution is -0.138. The monoisotopic (exact) mass is 362 g/mol. The van der Waals surface area contributed by atoms with E-state index in [0.717, 1.165) is 12.1 Å². The van der Waals surface area contributed by atoms with Gasteiger partial charge in [0, 0.05) is 24.4 Å². The van der Waals surface area contributed by atoms with E-state index in [1.165, 1.54) is 29.8 Å². The number of alkyl halides is 3. The smallest absolute Gasteiger partial charge is 0.416 e. The summed E-state index contributed by atoms with van der Waals surface area (Å²) in [4.78, 5) is 25.1. The lowest BCUT2D eigenvalue weighted by atomic mass is 10.1. The fourth-order valence-corrected chi connectivity index (χ4v) is 3.48. The maximum absolute atomic E-state index is 12.8. The number of hydrogen-bond acceptors (Lipinski definition) is 4. The number of rotatable bonds is 4. The summed E-state index contributed by atoms with van der Waals surface area (Å²) in [7, 11) is 1.33. The molecule has 1 aromatic rings. The Morgan fingerprint density at radius 3 is 2.71 bits per heavy atom.